The Kier molecular flexibility index (Phi) is 3.44. The molecule has 110 valence electrons. The molecule has 0 N–H and O–H groups in total. The van der Waals surface area contributed by atoms with Crippen LogP contribution in [0.1, 0.15) is 43.7 Å². The fourth-order valence-corrected chi connectivity index (χ4v) is 4.74. The zero-order valence-electron chi connectivity index (χ0n) is 13.8. The molecule has 0 spiro atoms. The molecule has 0 saturated heterocycles. The van der Waals surface area contributed by atoms with E-state index in [0.717, 1.165) is 40.6 Å². The van der Waals surface area contributed by atoms with Crippen LogP contribution in [-0.2, 0) is 6.54 Å². The molecule has 2 aliphatic carbocycles. The zero-order chi connectivity index (χ0) is 14.5. The van der Waals surface area contributed by atoms with Crippen LogP contribution in [0, 0.1) is 23.7 Å². The minimum atomic E-state index is 0.837. The number of fused-ring (bicyclic) bond motifs is 2. The summed E-state index contributed by atoms with van der Waals surface area (Å²) in [4.78, 5) is 0. The van der Waals surface area contributed by atoms with Gasteiger partial charge in [0.05, 0.1) is 21.1 Å². The molecule has 0 aliphatic heterocycles. The van der Waals surface area contributed by atoms with Crippen LogP contribution in [0.5, 0.6) is 0 Å². The van der Waals surface area contributed by atoms with Crippen molar-refractivity contribution in [1.82, 2.24) is 0 Å². The number of rotatable bonds is 3. The maximum Gasteiger partial charge on any atom is 0.104 e. The first kappa shape index (κ1) is 14.1. The summed E-state index contributed by atoms with van der Waals surface area (Å²) in [5.74, 6) is 4.65. The van der Waals surface area contributed by atoms with Crippen LogP contribution in [0.3, 0.4) is 0 Å². The molecule has 2 saturated carbocycles. The van der Waals surface area contributed by atoms with E-state index >= 15 is 0 Å². The van der Waals surface area contributed by atoms with Crippen molar-refractivity contribution in [3.8, 4) is 0 Å². The lowest BCUT2D eigenvalue weighted by Gasteiger charge is -2.32. The summed E-state index contributed by atoms with van der Waals surface area (Å²) in [6.07, 6.45) is 2.92. The number of hydrogen-bond acceptors (Lipinski definition) is 0. The molecule has 2 aliphatic rings. The molecule has 3 rings (SSSR count). The Labute approximate surface area is 124 Å². The normalized spacial score (nSPS) is 36.5. The smallest absolute Gasteiger partial charge is 0.104 e. The molecule has 2 fully saturated rings. The van der Waals surface area contributed by atoms with Crippen LogP contribution in [0.4, 0.5) is 0 Å². The van der Waals surface area contributed by atoms with Gasteiger partial charge in [-0.3, -0.25) is 0 Å². The maximum atomic E-state index is 2.48. The predicted molar refractivity (Wildman–Crippen MR) is 85.5 cm³/mol. The van der Waals surface area contributed by atoms with Gasteiger partial charge in [-0.25, -0.2) is 0 Å². The highest BCUT2D eigenvalue weighted by Crippen LogP contribution is 2.58. The van der Waals surface area contributed by atoms with Gasteiger partial charge in [0, 0.05) is 5.56 Å². The summed E-state index contributed by atoms with van der Waals surface area (Å²) in [6, 6.07) is 9.54. The monoisotopic (exact) mass is 272 g/mol. The number of hydrogen-bond donors (Lipinski definition) is 0. The third kappa shape index (κ3) is 2.53. The first-order valence-corrected chi connectivity index (χ1v) is 8.24. The predicted octanol–water partition coefficient (Wildman–Crippen LogP) is 4.29. The van der Waals surface area contributed by atoms with E-state index in [-0.39, 0.29) is 0 Å². The molecule has 1 nitrogen and oxygen atoms in total. The lowest BCUT2D eigenvalue weighted by molar-refractivity contribution is -0.884. The summed E-state index contributed by atoms with van der Waals surface area (Å²) in [5.41, 5.74) is 3.06. The van der Waals surface area contributed by atoms with E-state index < -0.39 is 0 Å². The second-order valence-electron chi connectivity index (χ2n) is 8.41. The van der Waals surface area contributed by atoms with Crippen LogP contribution in [0.2, 0.25) is 0 Å². The van der Waals surface area contributed by atoms with Crippen molar-refractivity contribution in [2.45, 2.75) is 39.2 Å². The van der Waals surface area contributed by atoms with Gasteiger partial charge in [-0.15, -0.1) is 0 Å². The standard InChI is InChI=1S/C19H30N/c1-13-14(2)18-10-17(13)11-19(18)16-8-6-15(7-9-16)12-20(3,4)5/h6-9,13-14,17-19H,10-12H2,1-5H3/q+1/t13?,14?,17-,18+,19+/m0/s1. The van der Waals surface area contributed by atoms with E-state index in [0.29, 0.717) is 0 Å². The summed E-state index contributed by atoms with van der Waals surface area (Å²) in [5, 5.41) is 0. The maximum absolute atomic E-state index is 2.48. The Bertz CT molecular complexity index is 466. The van der Waals surface area contributed by atoms with Crippen molar-refractivity contribution in [2.75, 3.05) is 21.1 Å². The quantitative estimate of drug-likeness (QED) is 0.720. The molecule has 2 unspecified atom stereocenters. The first-order valence-electron chi connectivity index (χ1n) is 8.24. The summed E-state index contributed by atoms with van der Waals surface area (Å²) < 4.78 is 1.00. The number of benzene rings is 1. The van der Waals surface area contributed by atoms with Crippen molar-refractivity contribution >= 4 is 0 Å². The van der Waals surface area contributed by atoms with E-state index in [9.17, 15) is 0 Å². The average molecular weight is 272 g/mol. The Morgan fingerprint density at radius 1 is 0.950 bits per heavy atom. The molecule has 0 heterocycles. The van der Waals surface area contributed by atoms with Crippen molar-refractivity contribution < 1.29 is 4.48 Å². The second kappa shape index (κ2) is 4.87. The van der Waals surface area contributed by atoms with Crippen LogP contribution in [0.25, 0.3) is 0 Å². The molecule has 0 amide bonds. The van der Waals surface area contributed by atoms with Crippen molar-refractivity contribution in [3.63, 3.8) is 0 Å². The highest BCUT2D eigenvalue weighted by molar-refractivity contribution is 5.28. The summed E-state index contributed by atoms with van der Waals surface area (Å²) in [7, 11) is 6.77. The van der Waals surface area contributed by atoms with E-state index in [2.05, 4.69) is 59.3 Å². The molecule has 5 atom stereocenters. The van der Waals surface area contributed by atoms with E-state index in [1.807, 2.05) is 0 Å². The first-order chi connectivity index (χ1) is 9.35. The third-order valence-corrected chi connectivity index (χ3v) is 5.96. The van der Waals surface area contributed by atoms with Crippen LogP contribution >= 0.6 is 0 Å². The molecule has 1 aromatic carbocycles. The van der Waals surface area contributed by atoms with Crippen molar-refractivity contribution in [1.29, 1.82) is 0 Å². The molecule has 0 aromatic heterocycles. The average Bonchev–Trinajstić information content (AvgIpc) is 2.90. The summed E-state index contributed by atoms with van der Waals surface area (Å²) in [6.45, 7) is 6.06. The number of nitrogens with zero attached hydrogens (tertiary/aromatic N) is 1. The van der Waals surface area contributed by atoms with Crippen LogP contribution in [-0.4, -0.2) is 25.6 Å². The molecular formula is C19H30N+. The highest BCUT2D eigenvalue weighted by atomic mass is 15.3. The van der Waals surface area contributed by atoms with Gasteiger partial charge in [0.15, 0.2) is 0 Å². The SMILES string of the molecule is CC1C(C)[C@H]2C[C@H]1C[C@@H]2c1ccc(C[N+](C)(C)C)cc1. The summed E-state index contributed by atoms with van der Waals surface area (Å²) >= 11 is 0. The van der Waals surface area contributed by atoms with Crippen molar-refractivity contribution in [2.24, 2.45) is 23.7 Å². The Balaban J connectivity index is 1.73. The minimum absolute atomic E-state index is 0.837. The molecule has 2 bridgehead atoms. The molecular weight excluding hydrogens is 242 g/mol. The molecule has 20 heavy (non-hydrogen) atoms. The topological polar surface area (TPSA) is 0 Å². The Morgan fingerprint density at radius 3 is 2.10 bits per heavy atom. The lowest BCUT2D eigenvalue weighted by atomic mass is 9.73. The van der Waals surface area contributed by atoms with Crippen LogP contribution in [0.15, 0.2) is 24.3 Å². The molecule has 0 radical (unpaired) electrons. The third-order valence-electron chi connectivity index (χ3n) is 5.96. The van der Waals surface area contributed by atoms with Gasteiger partial charge in [0.2, 0.25) is 0 Å². The second-order valence-corrected chi connectivity index (χ2v) is 8.41. The fraction of sp³-hybridized carbons (Fsp3) is 0.684. The van der Waals surface area contributed by atoms with Crippen LogP contribution < -0.4 is 0 Å². The van der Waals surface area contributed by atoms with E-state index in [1.165, 1.54) is 18.4 Å². The molecule has 1 aromatic rings. The zero-order valence-corrected chi connectivity index (χ0v) is 13.8. The Morgan fingerprint density at radius 2 is 1.60 bits per heavy atom. The van der Waals surface area contributed by atoms with Gasteiger partial charge >= 0.3 is 0 Å². The van der Waals surface area contributed by atoms with Gasteiger partial charge in [-0.1, -0.05) is 38.1 Å². The van der Waals surface area contributed by atoms with Gasteiger partial charge in [0.25, 0.3) is 0 Å². The Hall–Kier alpha value is -0.820. The van der Waals surface area contributed by atoms with Crippen molar-refractivity contribution in [3.05, 3.63) is 35.4 Å². The van der Waals surface area contributed by atoms with E-state index in [4.69, 9.17) is 0 Å². The fourth-order valence-electron chi connectivity index (χ4n) is 4.74. The number of quaternary nitrogens is 1. The van der Waals surface area contributed by atoms with Gasteiger partial charge in [-0.2, -0.15) is 0 Å². The highest BCUT2D eigenvalue weighted by Gasteiger charge is 2.48. The largest absolute Gasteiger partial charge is 0.327 e. The lowest BCUT2D eigenvalue weighted by Crippen LogP contribution is -2.33. The molecule has 1 heteroatoms. The van der Waals surface area contributed by atoms with Gasteiger partial charge in [-0.05, 0) is 48.0 Å². The van der Waals surface area contributed by atoms with Gasteiger partial charge in [0.1, 0.15) is 6.54 Å². The van der Waals surface area contributed by atoms with E-state index in [1.54, 1.807) is 5.56 Å². The minimum Gasteiger partial charge on any atom is -0.327 e. The van der Waals surface area contributed by atoms with Gasteiger partial charge < -0.3 is 4.48 Å².